The molecule has 0 aliphatic carbocycles. The van der Waals surface area contributed by atoms with E-state index in [-0.39, 0.29) is 18.2 Å². The number of benzene rings is 3. The number of ether oxygens (including phenoxy) is 2. The summed E-state index contributed by atoms with van der Waals surface area (Å²) in [5, 5.41) is 23.4. The smallest absolute Gasteiger partial charge is 0.335 e. The third kappa shape index (κ3) is 7.65. The van der Waals surface area contributed by atoms with E-state index in [1.54, 1.807) is 20.1 Å². The summed E-state index contributed by atoms with van der Waals surface area (Å²) in [6.45, 7) is 10.6. The van der Waals surface area contributed by atoms with E-state index in [1.807, 2.05) is 56.3 Å². The average Bonchev–Trinajstić information content (AvgIpc) is 2.86. The molecule has 0 amide bonds. The number of β-amino-alcohol motifs (C(OH)–C–C–N with tert-alkyl or cyclic N) is 1. The number of hydrogen-bond acceptors (Lipinski definition) is 5. The van der Waals surface area contributed by atoms with Crippen LogP contribution in [0.4, 0.5) is 0 Å². The van der Waals surface area contributed by atoms with E-state index in [0.29, 0.717) is 17.7 Å². The zero-order valence-electron chi connectivity index (χ0n) is 22.7. The van der Waals surface area contributed by atoms with Crippen molar-refractivity contribution in [1.82, 2.24) is 5.32 Å². The van der Waals surface area contributed by atoms with Gasteiger partial charge in [-0.3, -0.25) is 0 Å². The van der Waals surface area contributed by atoms with E-state index in [9.17, 15) is 15.0 Å². The van der Waals surface area contributed by atoms with Crippen LogP contribution in [0.5, 0.6) is 5.75 Å². The van der Waals surface area contributed by atoms with Gasteiger partial charge >= 0.3 is 5.97 Å². The van der Waals surface area contributed by atoms with Crippen molar-refractivity contribution in [3.63, 3.8) is 0 Å². The van der Waals surface area contributed by atoms with Gasteiger partial charge in [-0.15, -0.1) is 0 Å². The van der Waals surface area contributed by atoms with E-state index >= 15 is 0 Å². The molecule has 3 aromatic rings. The van der Waals surface area contributed by atoms with Crippen LogP contribution in [0.1, 0.15) is 59.5 Å². The van der Waals surface area contributed by atoms with Gasteiger partial charge in [0.25, 0.3) is 0 Å². The number of carboxylic acid groups (broad SMARTS) is 1. The van der Waals surface area contributed by atoms with Crippen LogP contribution in [-0.4, -0.2) is 48.1 Å². The summed E-state index contributed by atoms with van der Waals surface area (Å²) in [6.07, 6.45) is -0.172. The third-order valence-electron chi connectivity index (χ3n) is 6.60. The summed E-state index contributed by atoms with van der Waals surface area (Å²) in [4.78, 5) is 11.4. The molecule has 0 aromatic heterocycles. The van der Waals surface area contributed by atoms with Gasteiger partial charge < -0.3 is 25.0 Å². The molecule has 37 heavy (non-hydrogen) atoms. The summed E-state index contributed by atoms with van der Waals surface area (Å²) < 4.78 is 11.6. The lowest BCUT2D eigenvalue weighted by Gasteiger charge is -2.29. The second-order valence-electron chi connectivity index (χ2n) is 10.3. The highest BCUT2D eigenvalue weighted by Crippen LogP contribution is 2.31. The first-order valence-electron chi connectivity index (χ1n) is 12.6. The molecule has 6 nitrogen and oxygen atoms in total. The quantitative estimate of drug-likeness (QED) is 0.292. The summed E-state index contributed by atoms with van der Waals surface area (Å²) in [6, 6.07) is 19.5. The summed E-state index contributed by atoms with van der Waals surface area (Å²) in [5.74, 6) is -0.0585. The Balaban J connectivity index is 1.60. The highest BCUT2D eigenvalue weighted by Gasteiger charge is 2.22. The molecule has 1 unspecified atom stereocenters. The van der Waals surface area contributed by atoms with Crippen LogP contribution in [0.25, 0.3) is 11.1 Å². The van der Waals surface area contributed by atoms with Crippen molar-refractivity contribution in [3.05, 3.63) is 88.5 Å². The molecule has 3 rings (SSSR count). The van der Waals surface area contributed by atoms with Gasteiger partial charge in [0.1, 0.15) is 5.75 Å². The predicted octanol–water partition coefficient (Wildman–Crippen LogP) is 5.73. The van der Waals surface area contributed by atoms with Crippen molar-refractivity contribution >= 4 is 5.97 Å². The van der Waals surface area contributed by atoms with Crippen LogP contribution in [0.3, 0.4) is 0 Å². The zero-order chi connectivity index (χ0) is 27.2. The largest absolute Gasteiger partial charge is 0.496 e. The Morgan fingerprint density at radius 3 is 2.46 bits per heavy atom. The van der Waals surface area contributed by atoms with Gasteiger partial charge in [0.15, 0.2) is 0 Å². The minimum absolute atomic E-state index is 0.184. The van der Waals surface area contributed by atoms with Crippen LogP contribution < -0.4 is 10.1 Å². The molecule has 0 radical (unpaired) electrons. The van der Waals surface area contributed by atoms with E-state index in [0.717, 1.165) is 40.0 Å². The van der Waals surface area contributed by atoms with E-state index in [4.69, 9.17) is 9.47 Å². The number of aliphatic hydroxyl groups is 1. The molecule has 3 aromatic carbocycles. The van der Waals surface area contributed by atoms with Crippen molar-refractivity contribution in [2.75, 3.05) is 20.3 Å². The van der Waals surface area contributed by atoms with Crippen molar-refractivity contribution in [1.29, 1.82) is 0 Å². The summed E-state index contributed by atoms with van der Waals surface area (Å²) >= 11 is 0. The number of rotatable bonds is 12. The monoisotopic (exact) mass is 505 g/mol. The number of aliphatic hydroxyl groups excluding tert-OH is 1. The highest BCUT2D eigenvalue weighted by molar-refractivity contribution is 5.90. The molecule has 0 aliphatic heterocycles. The second-order valence-corrected chi connectivity index (χ2v) is 10.3. The lowest BCUT2D eigenvalue weighted by atomic mass is 9.93. The fourth-order valence-electron chi connectivity index (χ4n) is 4.52. The molecule has 3 N–H and O–H groups in total. The predicted molar refractivity (Wildman–Crippen MR) is 147 cm³/mol. The molecule has 2 atom stereocenters. The van der Waals surface area contributed by atoms with E-state index < -0.39 is 12.1 Å². The minimum atomic E-state index is -0.933. The molecule has 0 fully saturated rings. The Morgan fingerprint density at radius 2 is 1.78 bits per heavy atom. The van der Waals surface area contributed by atoms with Crippen LogP contribution in [0.2, 0.25) is 0 Å². The SMILES string of the molecule is COc1cc(C)ccc1CC(C)(C)NC[C@@H](O)COC(C)c1ccccc1-c1ccc(C(=O)O)c(C)c1. The fourth-order valence-corrected chi connectivity index (χ4v) is 4.52. The maximum absolute atomic E-state index is 11.4. The lowest BCUT2D eigenvalue weighted by Crippen LogP contribution is -2.46. The van der Waals surface area contributed by atoms with Crippen molar-refractivity contribution in [2.45, 2.75) is 58.8 Å². The maximum Gasteiger partial charge on any atom is 0.335 e. The molecule has 0 aliphatic rings. The first-order chi connectivity index (χ1) is 17.5. The third-order valence-corrected chi connectivity index (χ3v) is 6.60. The summed E-state index contributed by atoms with van der Waals surface area (Å²) in [5.41, 5.74) is 5.93. The molecule has 198 valence electrons. The van der Waals surface area contributed by atoms with Crippen LogP contribution in [0, 0.1) is 13.8 Å². The van der Waals surface area contributed by atoms with Gasteiger partial charge in [-0.1, -0.05) is 48.5 Å². The van der Waals surface area contributed by atoms with Crippen LogP contribution in [0.15, 0.2) is 60.7 Å². The number of aromatic carboxylic acids is 1. The normalized spacial score (nSPS) is 13.3. The first kappa shape index (κ1) is 28.4. The Bertz CT molecular complexity index is 1220. The number of carbonyl (C=O) groups is 1. The van der Waals surface area contributed by atoms with Crippen LogP contribution in [-0.2, 0) is 11.2 Å². The van der Waals surface area contributed by atoms with Crippen molar-refractivity contribution < 1.29 is 24.5 Å². The maximum atomic E-state index is 11.4. The van der Waals surface area contributed by atoms with E-state index in [1.165, 1.54) is 0 Å². The standard InChI is InChI=1S/C31H39NO5/c1-20-11-12-24(29(15-20)36-6)17-31(4,5)32-18-25(33)19-37-22(3)27-9-7-8-10-28(27)23-13-14-26(30(34)35)21(2)16-23/h7-16,22,25,32-33H,17-19H2,1-6H3,(H,34,35)/t22?,25-/m1/s1. The molecule has 0 heterocycles. The average molecular weight is 506 g/mol. The fraction of sp³-hybridized carbons (Fsp3) is 0.387. The number of aryl methyl sites for hydroxylation is 2. The van der Waals surface area contributed by atoms with Crippen molar-refractivity contribution in [3.8, 4) is 16.9 Å². The molecule has 0 bridgehead atoms. The Labute approximate surface area is 220 Å². The number of carboxylic acids is 1. The van der Waals surface area contributed by atoms with Crippen molar-refractivity contribution in [2.24, 2.45) is 0 Å². The first-order valence-corrected chi connectivity index (χ1v) is 12.6. The van der Waals surface area contributed by atoms with Gasteiger partial charge in [0.05, 0.1) is 31.5 Å². The topological polar surface area (TPSA) is 88.0 Å². The Morgan fingerprint density at radius 1 is 1.05 bits per heavy atom. The molecule has 0 spiro atoms. The van der Waals surface area contributed by atoms with Gasteiger partial charge in [-0.2, -0.15) is 0 Å². The Hall–Kier alpha value is -3.19. The second kappa shape index (κ2) is 12.4. The van der Waals surface area contributed by atoms with Gasteiger partial charge in [-0.25, -0.2) is 4.79 Å². The molecular formula is C31H39NO5. The minimum Gasteiger partial charge on any atom is -0.496 e. The summed E-state index contributed by atoms with van der Waals surface area (Å²) in [7, 11) is 1.69. The van der Waals surface area contributed by atoms with Crippen LogP contribution >= 0.6 is 0 Å². The van der Waals surface area contributed by atoms with Gasteiger partial charge in [0.2, 0.25) is 0 Å². The van der Waals surface area contributed by atoms with Gasteiger partial charge in [-0.05, 0) is 86.6 Å². The lowest BCUT2D eigenvalue weighted by molar-refractivity contribution is -0.00398. The molecule has 6 heteroatoms. The molecule has 0 saturated heterocycles. The highest BCUT2D eigenvalue weighted by atomic mass is 16.5. The van der Waals surface area contributed by atoms with E-state index in [2.05, 4.69) is 31.3 Å². The van der Waals surface area contributed by atoms with Gasteiger partial charge in [0, 0.05) is 12.1 Å². The number of nitrogens with one attached hydrogen (secondary N) is 1. The molecule has 0 saturated carbocycles. The Kier molecular flexibility index (Phi) is 9.49. The number of methoxy groups -OCH3 is 1. The molecular weight excluding hydrogens is 466 g/mol. The number of hydrogen-bond donors (Lipinski definition) is 3. The zero-order valence-corrected chi connectivity index (χ0v) is 22.7.